The van der Waals surface area contributed by atoms with Crippen molar-refractivity contribution in [1.82, 2.24) is 0 Å². The molecule has 0 unspecified atom stereocenters. The van der Waals surface area contributed by atoms with Crippen molar-refractivity contribution in [3.05, 3.63) is 4.91 Å². The lowest BCUT2D eigenvalue weighted by molar-refractivity contribution is -0.133. The zero-order chi connectivity index (χ0) is 21.3. The van der Waals surface area contributed by atoms with Crippen molar-refractivity contribution in [3.8, 4) is 23.7 Å². The molecule has 0 aromatic carbocycles. The van der Waals surface area contributed by atoms with Crippen LogP contribution in [0.25, 0.3) is 0 Å². The van der Waals surface area contributed by atoms with Crippen molar-refractivity contribution in [2.24, 2.45) is 5.18 Å². The number of unbranched alkanes of at least 4 members (excludes halogenated alkanes) is 14. The number of hydrogen-bond acceptors (Lipinski definition) is 5. The summed E-state index contributed by atoms with van der Waals surface area (Å²) in [6.45, 7) is 2.26. The topological polar surface area (TPSA) is 55.7 Å². The SMILES string of the molecule is CCCCCCCCCCC#CC#CCCCCCCCCC(=O)OSCN=O. The van der Waals surface area contributed by atoms with Gasteiger partial charge in [-0.1, -0.05) is 94.6 Å². The standard InChI is InChI=1S/C24H39NO3S/c1-2-3-4-5-6-7-8-9-10-11-12-13-14-15-16-17-18-19-20-21-22-24(26)28-29-23-25-27/h2-10,15-23H2,1H3. The Morgan fingerprint density at radius 3 is 1.76 bits per heavy atom. The monoisotopic (exact) mass is 421 g/mol. The zero-order valence-corrected chi connectivity index (χ0v) is 19.1. The van der Waals surface area contributed by atoms with E-state index in [-0.39, 0.29) is 11.8 Å². The highest BCUT2D eigenvalue weighted by Crippen LogP contribution is 2.11. The highest BCUT2D eigenvalue weighted by molar-refractivity contribution is 7.95. The molecule has 0 spiro atoms. The molecule has 0 aliphatic carbocycles. The van der Waals surface area contributed by atoms with Crippen LogP contribution in [-0.2, 0) is 8.98 Å². The van der Waals surface area contributed by atoms with Crippen LogP contribution in [0.15, 0.2) is 5.18 Å². The molecule has 0 saturated heterocycles. The third-order valence-corrected chi connectivity index (χ3v) is 5.10. The van der Waals surface area contributed by atoms with Crippen LogP contribution in [0.4, 0.5) is 0 Å². The maximum atomic E-state index is 11.3. The molecular formula is C24H39NO3S. The van der Waals surface area contributed by atoms with E-state index in [1.807, 2.05) is 0 Å². The first-order chi connectivity index (χ1) is 14.3. The number of carbonyl (C=O) groups excluding carboxylic acids is 1. The summed E-state index contributed by atoms with van der Waals surface area (Å²) in [6, 6.07) is 0. The summed E-state index contributed by atoms with van der Waals surface area (Å²) in [7, 11) is 0. The van der Waals surface area contributed by atoms with Gasteiger partial charge in [-0.2, -0.15) is 0 Å². The van der Waals surface area contributed by atoms with Gasteiger partial charge in [-0.25, -0.2) is 0 Å². The van der Waals surface area contributed by atoms with Crippen molar-refractivity contribution in [2.75, 3.05) is 5.88 Å². The molecule has 0 fully saturated rings. The van der Waals surface area contributed by atoms with Gasteiger partial charge >= 0.3 is 5.97 Å². The normalized spacial score (nSPS) is 9.83. The number of nitroso groups, excluding NO2 is 1. The second-order valence-electron chi connectivity index (χ2n) is 7.28. The molecule has 164 valence electrons. The van der Waals surface area contributed by atoms with Gasteiger partial charge < -0.3 is 4.18 Å². The molecule has 0 atom stereocenters. The van der Waals surface area contributed by atoms with Gasteiger partial charge in [-0.05, 0) is 31.1 Å². The van der Waals surface area contributed by atoms with Crippen LogP contribution in [0.5, 0.6) is 0 Å². The summed E-state index contributed by atoms with van der Waals surface area (Å²) >= 11 is 0.801. The molecule has 29 heavy (non-hydrogen) atoms. The van der Waals surface area contributed by atoms with Gasteiger partial charge in [-0.15, -0.1) is 4.91 Å². The summed E-state index contributed by atoms with van der Waals surface area (Å²) in [6.07, 6.45) is 19.5. The Balaban J connectivity index is 3.31. The molecule has 0 radical (unpaired) electrons. The van der Waals surface area contributed by atoms with E-state index in [2.05, 4.69) is 35.8 Å². The maximum absolute atomic E-state index is 11.3. The van der Waals surface area contributed by atoms with Gasteiger partial charge in [0.25, 0.3) is 0 Å². The predicted molar refractivity (Wildman–Crippen MR) is 124 cm³/mol. The Hall–Kier alpha value is -1.46. The summed E-state index contributed by atoms with van der Waals surface area (Å²) in [5, 5.41) is 2.62. The second kappa shape index (κ2) is 24.6. The molecule has 0 aliphatic rings. The Labute approximate surface area is 182 Å². The lowest BCUT2D eigenvalue weighted by atomic mass is 10.1. The average molecular weight is 422 g/mol. The van der Waals surface area contributed by atoms with Crippen LogP contribution < -0.4 is 0 Å². The van der Waals surface area contributed by atoms with Crippen LogP contribution >= 0.6 is 12.0 Å². The van der Waals surface area contributed by atoms with Gasteiger partial charge in [0, 0.05) is 19.3 Å². The van der Waals surface area contributed by atoms with Gasteiger partial charge in [0.2, 0.25) is 0 Å². The fraction of sp³-hybridized carbons (Fsp3) is 0.792. The number of rotatable bonds is 19. The molecule has 0 aromatic rings. The second-order valence-corrected chi connectivity index (χ2v) is 7.94. The maximum Gasteiger partial charge on any atom is 0.317 e. The van der Waals surface area contributed by atoms with Crippen LogP contribution in [0.3, 0.4) is 0 Å². The van der Waals surface area contributed by atoms with E-state index in [0.29, 0.717) is 6.42 Å². The van der Waals surface area contributed by atoms with Crippen molar-refractivity contribution < 1.29 is 8.98 Å². The van der Waals surface area contributed by atoms with Crippen LogP contribution in [-0.4, -0.2) is 11.8 Å². The highest BCUT2D eigenvalue weighted by Gasteiger charge is 2.03. The van der Waals surface area contributed by atoms with E-state index in [4.69, 9.17) is 4.18 Å². The van der Waals surface area contributed by atoms with Gasteiger partial charge in [-0.3, -0.25) is 4.79 Å². The van der Waals surface area contributed by atoms with Crippen molar-refractivity contribution in [1.29, 1.82) is 0 Å². The largest absolute Gasteiger partial charge is 0.389 e. The molecule has 4 nitrogen and oxygen atoms in total. The molecular weight excluding hydrogens is 382 g/mol. The van der Waals surface area contributed by atoms with E-state index >= 15 is 0 Å². The summed E-state index contributed by atoms with van der Waals surface area (Å²) in [5.41, 5.74) is 0. The first-order valence-corrected chi connectivity index (χ1v) is 12.3. The summed E-state index contributed by atoms with van der Waals surface area (Å²) in [5.74, 6) is 11.9. The zero-order valence-electron chi connectivity index (χ0n) is 18.3. The van der Waals surface area contributed by atoms with E-state index in [0.717, 1.165) is 50.6 Å². The van der Waals surface area contributed by atoms with Gasteiger partial charge in [0.15, 0.2) is 5.88 Å². The molecule has 0 bridgehead atoms. The first-order valence-electron chi connectivity index (χ1n) is 11.4. The Morgan fingerprint density at radius 1 is 0.759 bits per heavy atom. The van der Waals surface area contributed by atoms with E-state index < -0.39 is 0 Å². The first kappa shape index (κ1) is 27.5. The Morgan fingerprint density at radius 2 is 1.24 bits per heavy atom. The number of hydrogen-bond donors (Lipinski definition) is 0. The van der Waals surface area contributed by atoms with Gasteiger partial charge in [0.05, 0.1) is 12.0 Å². The number of carbonyl (C=O) groups is 1. The fourth-order valence-electron chi connectivity index (χ4n) is 2.91. The van der Waals surface area contributed by atoms with Crippen LogP contribution in [0, 0.1) is 28.6 Å². The highest BCUT2D eigenvalue weighted by atomic mass is 32.2. The van der Waals surface area contributed by atoms with Crippen molar-refractivity contribution in [3.63, 3.8) is 0 Å². The van der Waals surface area contributed by atoms with Crippen molar-refractivity contribution in [2.45, 2.75) is 116 Å². The molecule has 0 aromatic heterocycles. The van der Waals surface area contributed by atoms with Gasteiger partial charge in [0.1, 0.15) is 0 Å². The summed E-state index contributed by atoms with van der Waals surface area (Å²) in [4.78, 5) is 21.2. The van der Waals surface area contributed by atoms with E-state index in [9.17, 15) is 9.70 Å². The predicted octanol–water partition coefficient (Wildman–Crippen LogP) is 7.56. The summed E-state index contributed by atoms with van der Waals surface area (Å²) < 4.78 is 4.78. The lowest BCUT2D eigenvalue weighted by Gasteiger charge is -2.01. The molecule has 0 N–H and O–H groups in total. The van der Waals surface area contributed by atoms with E-state index in [1.54, 1.807) is 0 Å². The molecule has 0 amide bonds. The van der Waals surface area contributed by atoms with Crippen LogP contribution in [0.2, 0.25) is 0 Å². The quantitative estimate of drug-likeness (QED) is 0.0934. The smallest absolute Gasteiger partial charge is 0.317 e. The molecule has 5 heteroatoms. The lowest BCUT2D eigenvalue weighted by Crippen LogP contribution is -1.98. The Kier molecular flexibility index (Phi) is 23.3. The van der Waals surface area contributed by atoms with Crippen LogP contribution in [0.1, 0.15) is 116 Å². The fourth-order valence-corrected chi connectivity index (χ4v) is 3.22. The Bertz CT molecular complexity index is 514. The number of nitrogens with zero attached hydrogens (tertiary/aromatic N) is 1. The molecule has 0 heterocycles. The minimum atomic E-state index is -0.266. The molecule has 0 aliphatic heterocycles. The van der Waals surface area contributed by atoms with E-state index in [1.165, 1.54) is 64.2 Å². The third-order valence-electron chi connectivity index (χ3n) is 4.58. The average Bonchev–Trinajstić information content (AvgIpc) is 2.72. The van der Waals surface area contributed by atoms with Crippen molar-refractivity contribution >= 4 is 18.0 Å². The molecule has 0 rings (SSSR count). The third kappa shape index (κ3) is 24.5. The minimum Gasteiger partial charge on any atom is -0.389 e. The minimum absolute atomic E-state index is 0.0422. The molecule has 0 saturated carbocycles.